The summed E-state index contributed by atoms with van der Waals surface area (Å²) in [6.07, 6.45) is 2.54. The Morgan fingerprint density at radius 2 is 2.00 bits per heavy atom. The van der Waals surface area contributed by atoms with E-state index >= 15 is 0 Å². The minimum atomic E-state index is -0.921. The minimum Gasteiger partial charge on any atom is -0.491 e. The molecule has 1 aliphatic heterocycles. The number of nitrogens with zero attached hydrogens (tertiary/aromatic N) is 4. The average Bonchev–Trinajstić information content (AvgIpc) is 3.32. The van der Waals surface area contributed by atoms with Crippen LogP contribution in [0.25, 0.3) is 21.9 Å². The van der Waals surface area contributed by atoms with Crippen LogP contribution in [-0.4, -0.2) is 45.3 Å². The first kappa shape index (κ1) is 16.0. The molecule has 0 amide bonds. The van der Waals surface area contributed by atoms with Gasteiger partial charge in [-0.05, 0) is 11.5 Å². The van der Waals surface area contributed by atoms with Gasteiger partial charge in [-0.1, -0.05) is 36.4 Å². The van der Waals surface area contributed by atoms with E-state index in [9.17, 15) is 4.39 Å². The number of aromatic amines is 1. The summed E-state index contributed by atoms with van der Waals surface area (Å²) in [5, 5.41) is 2.17. The molecule has 2 atom stereocenters. The molecule has 0 bridgehead atoms. The molecule has 0 spiro atoms. The van der Waals surface area contributed by atoms with Crippen LogP contribution in [0.1, 0.15) is 6.42 Å². The monoisotopic (exact) mass is 363 g/mol. The number of imidazole rings is 1. The van der Waals surface area contributed by atoms with Crippen molar-refractivity contribution >= 4 is 27.8 Å². The summed E-state index contributed by atoms with van der Waals surface area (Å²) in [6, 6.07) is 13.9. The van der Waals surface area contributed by atoms with Crippen LogP contribution in [0, 0.1) is 0 Å². The van der Waals surface area contributed by atoms with Gasteiger partial charge in [-0.2, -0.15) is 0 Å². The number of alkyl halides is 1. The molecule has 136 valence electrons. The molecule has 1 fully saturated rings. The zero-order valence-corrected chi connectivity index (χ0v) is 14.5. The molecule has 6 nitrogen and oxygen atoms in total. The van der Waals surface area contributed by atoms with Crippen LogP contribution in [0.3, 0.4) is 0 Å². The number of fused-ring (bicyclic) bond motifs is 2. The van der Waals surface area contributed by atoms with Gasteiger partial charge in [0.05, 0.1) is 18.9 Å². The Kier molecular flexibility index (Phi) is 3.85. The molecule has 3 heterocycles. The Hall–Kier alpha value is -3.22. The predicted octanol–water partition coefficient (Wildman–Crippen LogP) is 3.50. The summed E-state index contributed by atoms with van der Waals surface area (Å²) < 4.78 is 20.4. The highest BCUT2D eigenvalue weighted by molar-refractivity contribution is 5.88. The highest BCUT2D eigenvalue weighted by Crippen LogP contribution is 2.31. The zero-order chi connectivity index (χ0) is 18.2. The third-order valence-electron chi connectivity index (χ3n) is 5.01. The smallest absolute Gasteiger partial charge is 0.162 e. The Bertz CT molecular complexity index is 1090. The first-order valence-electron chi connectivity index (χ1n) is 8.95. The topological polar surface area (TPSA) is 66.9 Å². The quantitative estimate of drug-likeness (QED) is 0.601. The molecular weight excluding hydrogens is 345 g/mol. The van der Waals surface area contributed by atoms with Crippen LogP contribution in [0.15, 0.2) is 55.1 Å². The van der Waals surface area contributed by atoms with Gasteiger partial charge in [-0.3, -0.25) is 0 Å². The Morgan fingerprint density at radius 1 is 1.11 bits per heavy atom. The maximum atomic E-state index is 14.2. The SMILES string of the molecule is F[C@H]1C[C@H](COc2cccc3ccccc23)N(c2ncnc3[nH]cnc23)C1. The molecule has 1 aliphatic rings. The lowest BCUT2D eigenvalue weighted by Gasteiger charge is -2.25. The molecule has 2 aromatic heterocycles. The molecule has 7 heteroatoms. The van der Waals surface area contributed by atoms with Gasteiger partial charge < -0.3 is 14.6 Å². The number of rotatable bonds is 4. The maximum absolute atomic E-state index is 14.2. The number of hydrogen-bond acceptors (Lipinski definition) is 5. The summed E-state index contributed by atoms with van der Waals surface area (Å²) in [5.74, 6) is 1.45. The van der Waals surface area contributed by atoms with Crippen molar-refractivity contribution in [3.05, 3.63) is 55.1 Å². The van der Waals surface area contributed by atoms with Crippen molar-refractivity contribution in [2.45, 2.75) is 18.6 Å². The van der Waals surface area contributed by atoms with E-state index in [0.29, 0.717) is 30.0 Å². The van der Waals surface area contributed by atoms with Crippen molar-refractivity contribution in [1.82, 2.24) is 19.9 Å². The fourth-order valence-corrected chi connectivity index (χ4v) is 3.75. The van der Waals surface area contributed by atoms with Crippen molar-refractivity contribution < 1.29 is 9.13 Å². The number of benzene rings is 2. The minimum absolute atomic E-state index is 0.117. The summed E-state index contributed by atoms with van der Waals surface area (Å²) >= 11 is 0. The molecule has 27 heavy (non-hydrogen) atoms. The van der Waals surface area contributed by atoms with Gasteiger partial charge in [0, 0.05) is 11.8 Å². The summed E-state index contributed by atoms with van der Waals surface area (Å²) in [5.41, 5.74) is 1.30. The standard InChI is InChI=1S/C20H18FN5O/c21-14-8-15(10-27-17-7-3-5-13-4-1-2-6-16(13)17)26(9-14)20-18-19(23-11-22-18)24-12-25-20/h1-7,11-12,14-15H,8-10H2,(H,22,23,24,25)/t14-,15+/m0/s1. The molecule has 5 rings (SSSR count). The summed E-state index contributed by atoms with van der Waals surface area (Å²) in [6.45, 7) is 0.660. The van der Waals surface area contributed by atoms with Gasteiger partial charge in [0.2, 0.25) is 0 Å². The van der Waals surface area contributed by atoms with E-state index in [0.717, 1.165) is 16.5 Å². The molecule has 0 saturated carbocycles. The molecule has 2 aromatic carbocycles. The van der Waals surface area contributed by atoms with Crippen LogP contribution in [0.5, 0.6) is 5.75 Å². The normalized spacial score (nSPS) is 19.8. The fourth-order valence-electron chi connectivity index (χ4n) is 3.75. The van der Waals surface area contributed by atoms with Gasteiger partial charge in [0.25, 0.3) is 0 Å². The lowest BCUT2D eigenvalue weighted by atomic mass is 10.1. The van der Waals surface area contributed by atoms with Crippen molar-refractivity contribution in [2.24, 2.45) is 0 Å². The van der Waals surface area contributed by atoms with Crippen LogP contribution in [-0.2, 0) is 0 Å². The van der Waals surface area contributed by atoms with E-state index in [1.807, 2.05) is 35.2 Å². The third-order valence-corrected chi connectivity index (χ3v) is 5.01. The third kappa shape index (κ3) is 2.85. The number of aromatic nitrogens is 4. The second-order valence-electron chi connectivity index (χ2n) is 6.72. The second kappa shape index (κ2) is 6.50. The zero-order valence-electron chi connectivity index (χ0n) is 14.5. The highest BCUT2D eigenvalue weighted by atomic mass is 19.1. The van der Waals surface area contributed by atoms with E-state index in [4.69, 9.17) is 4.74 Å². The van der Waals surface area contributed by atoms with Crippen LogP contribution < -0.4 is 9.64 Å². The van der Waals surface area contributed by atoms with Crippen LogP contribution in [0.2, 0.25) is 0 Å². The van der Waals surface area contributed by atoms with Crippen LogP contribution in [0.4, 0.5) is 10.2 Å². The van der Waals surface area contributed by atoms with Crippen LogP contribution >= 0.6 is 0 Å². The van der Waals surface area contributed by atoms with E-state index in [1.54, 1.807) is 6.33 Å². The number of hydrogen-bond donors (Lipinski definition) is 1. The largest absolute Gasteiger partial charge is 0.491 e. The number of ether oxygens (including phenoxy) is 1. The molecule has 0 unspecified atom stereocenters. The first-order chi connectivity index (χ1) is 13.3. The lowest BCUT2D eigenvalue weighted by Crippen LogP contribution is -2.35. The van der Waals surface area contributed by atoms with Gasteiger partial charge in [-0.15, -0.1) is 0 Å². The molecule has 1 saturated heterocycles. The highest BCUT2D eigenvalue weighted by Gasteiger charge is 2.35. The molecule has 4 aromatic rings. The number of nitrogens with one attached hydrogen (secondary N) is 1. The van der Waals surface area contributed by atoms with E-state index < -0.39 is 6.17 Å². The number of anilines is 1. The van der Waals surface area contributed by atoms with Crippen molar-refractivity contribution in [1.29, 1.82) is 0 Å². The van der Waals surface area contributed by atoms with E-state index in [2.05, 4.69) is 32.1 Å². The van der Waals surface area contributed by atoms with E-state index in [-0.39, 0.29) is 12.6 Å². The lowest BCUT2D eigenvalue weighted by molar-refractivity contribution is 0.278. The van der Waals surface area contributed by atoms with Crippen molar-refractivity contribution in [3.8, 4) is 5.75 Å². The fraction of sp³-hybridized carbons (Fsp3) is 0.250. The van der Waals surface area contributed by atoms with Gasteiger partial charge in [0.1, 0.15) is 30.4 Å². The van der Waals surface area contributed by atoms with Gasteiger partial charge in [0.15, 0.2) is 11.5 Å². The number of halogens is 1. The average molecular weight is 363 g/mol. The Balaban J connectivity index is 1.43. The molecule has 0 aliphatic carbocycles. The maximum Gasteiger partial charge on any atom is 0.162 e. The van der Waals surface area contributed by atoms with Gasteiger partial charge in [-0.25, -0.2) is 19.3 Å². The summed E-state index contributed by atoms with van der Waals surface area (Å²) in [4.78, 5) is 17.7. The first-order valence-corrected chi connectivity index (χ1v) is 8.95. The molecular formula is C20H18FN5O. The number of H-pyrrole nitrogens is 1. The molecule has 0 radical (unpaired) electrons. The van der Waals surface area contributed by atoms with Crippen molar-refractivity contribution in [2.75, 3.05) is 18.1 Å². The summed E-state index contributed by atoms with van der Waals surface area (Å²) in [7, 11) is 0. The van der Waals surface area contributed by atoms with E-state index in [1.165, 1.54) is 6.33 Å². The second-order valence-corrected chi connectivity index (χ2v) is 6.72. The Labute approximate surface area is 155 Å². The molecule has 1 N–H and O–H groups in total. The van der Waals surface area contributed by atoms with Crippen molar-refractivity contribution in [3.63, 3.8) is 0 Å². The van der Waals surface area contributed by atoms with Gasteiger partial charge >= 0.3 is 0 Å². The predicted molar refractivity (Wildman–Crippen MR) is 102 cm³/mol. The Morgan fingerprint density at radius 3 is 2.96 bits per heavy atom.